The van der Waals surface area contributed by atoms with Crippen LogP contribution in [0.3, 0.4) is 0 Å². The molecule has 2 aromatic rings. The average molecular weight is 327 g/mol. The van der Waals surface area contributed by atoms with E-state index < -0.39 is 5.97 Å². The van der Waals surface area contributed by atoms with Gasteiger partial charge in [0.15, 0.2) is 0 Å². The Morgan fingerprint density at radius 3 is 2.33 bits per heavy atom. The number of amides is 2. The van der Waals surface area contributed by atoms with E-state index in [4.69, 9.17) is 0 Å². The second-order valence-electron chi connectivity index (χ2n) is 4.92. The second kappa shape index (κ2) is 7.87. The Labute approximate surface area is 139 Å². The highest BCUT2D eigenvalue weighted by Crippen LogP contribution is 2.12. The van der Waals surface area contributed by atoms with Crippen molar-refractivity contribution in [3.8, 4) is 0 Å². The Morgan fingerprint density at radius 1 is 1.08 bits per heavy atom. The van der Waals surface area contributed by atoms with E-state index in [2.05, 4.69) is 20.4 Å². The predicted octanol–water partition coefficient (Wildman–Crippen LogP) is 1.41. The fraction of sp³-hybridized carbons (Fsp3) is 0.176. The lowest BCUT2D eigenvalue weighted by atomic mass is 10.1. The number of carbonyl (C=O) groups is 3. The summed E-state index contributed by atoms with van der Waals surface area (Å²) in [6.45, 7) is 0. The van der Waals surface area contributed by atoms with Crippen LogP contribution in [0.2, 0.25) is 0 Å². The lowest BCUT2D eigenvalue weighted by Crippen LogP contribution is -2.19. The number of pyridine rings is 1. The number of ether oxygens (including phenoxy) is 1. The first kappa shape index (κ1) is 17.1. The van der Waals surface area contributed by atoms with Crippen LogP contribution < -0.4 is 10.6 Å². The second-order valence-corrected chi connectivity index (χ2v) is 4.92. The molecule has 24 heavy (non-hydrogen) atoms. The van der Waals surface area contributed by atoms with Gasteiger partial charge in [-0.25, -0.2) is 9.78 Å². The maximum atomic E-state index is 12.1. The largest absolute Gasteiger partial charge is 0.464 e. The Balaban J connectivity index is 2.01. The van der Waals surface area contributed by atoms with Crippen LogP contribution in [0.4, 0.5) is 5.69 Å². The maximum Gasteiger partial charge on any atom is 0.356 e. The highest BCUT2D eigenvalue weighted by molar-refractivity contribution is 6.04. The number of hydrogen-bond donors (Lipinski definition) is 2. The Bertz CT molecular complexity index is 739. The number of carbonyl (C=O) groups excluding carboxylic acids is 3. The minimum absolute atomic E-state index is 0.0800. The van der Waals surface area contributed by atoms with Crippen LogP contribution in [-0.2, 0) is 16.0 Å². The van der Waals surface area contributed by atoms with Crippen molar-refractivity contribution in [2.75, 3.05) is 19.5 Å². The van der Waals surface area contributed by atoms with Crippen molar-refractivity contribution in [1.29, 1.82) is 0 Å². The molecular formula is C17H17N3O4. The highest BCUT2D eigenvalue weighted by atomic mass is 16.5. The monoisotopic (exact) mass is 327 g/mol. The van der Waals surface area contributed by atoms with Crippen LogP contribution in [0, 0.1) is 0 Å². The Hall–Kier alpha value is -3.22. The zero-order valence-corrected chi connectivity index (χ0v) is 13.3. The number of methoxy groups -OCH3 is 1. The van der Waals surface area contributed by atoms with Gasteiger partial charge in [-0.05, 0) is 29.8 Å². The molecule has 0 aliphatic carbocycles. The lowest BCUT2D eigenvalue weighted by Gasteiger charge is -2.07. The normalized spacial score (nSPS) is 9.92. The van der Waals surface area contributed by atoms with Gasteiger partial charge in [-0.2, -0.15) is 0 Å². The van der Waals surface area contributed by atoms with Gasteiger partial charge in [-0.1, -0.05) is 12.1 Å². The number of nitrogens with one attached hydrogen (secondary N) is 2. The molecule has 0 atom stereocenters. The first-order chi connectivity index (χ1) is 11.5. The van der Waals surface area contributed by atoms with E-state index in [9.17, 15) is 14.4 Å². The SMILES string of the molecule is CNC(=O)Cc1ccc(NC(=O)c2ccc(C(=O)OC)nc2)cc1. The molecule has 2 amide bonds. The molecule has 0 fully saturated rings. The topological polar surface area (TPSA) is 97.4 Å². The van der Waals surface area contributed by atoms with Crippen molar-refractivity contribution in [2.24, 2.45) is 0 Å². The van der Waals surface area contributed by atoms with Gasteiger partial charge in [0.2, 0.25) is 5.91 Å². The van der Waals surface area contributed by atoms with Crippen molar-refractivity contribution in [3.63, 3.8) is 0 Å². The van der Waals surface area contributed by atoms with Crippen molar-refractivity contribution in [2.45, 2.75) is 6.42 Å². The molecule has 0 spiro atoms. The van der Waals surface area contributed by atoms with Crippen LogP contribution in [0.1, 0.15) is 26.4 Å². The standard InChI is InChI=1S/C17H17N3O4/c1-18-15(21)9-11-3-6-13(7-4-11)20-16(22)12-5-8-14(19-10-12)17(23)24-2/h3-8,10H,9H2,1-2H3,(H,18,21)(H,20,22). The van der Waals surface area contributed by atoms with Gasteiger partial charge >= 0.3 is 5.97 Å². The summed E-state index contributed by atoms with van der Waals surface area (Å²) in [5, 5.41) is 5.27. The average Bonchev–Trinajstić information content (AvgIpc) is 2.62. The molecule has 0 aliphatic heterocycles. The summed E-state index contributed by atoms with van der Waals surface area (Å²) >= 11 is 0. The maximum absolute atomic E-state index is 12.1. The first-order valence-corrected chi connectivity index (χ1v) is 7.18. The molecule has 0 bridgehead atoms. The number of anilines is 1. The summed E-state index contributed by atoms with van der Waals surface area (Å²) in [5.41, 5.74) is 1.89. The van der Waals surface area contributed by atoms with E-state index in [0.717, 1.165) is 5.56 Å². The minimum atomic E-state index is -0.561. The molecule has 2 N–H and O–H groups in total. The van der Waals surface area contributed by atoms with E-state index in [-0.39, 0.29) is 23.9 Å². The molecule has 0 saturated carbocycles. The van der Waals surface area contributed by atoms with Crippen LogP contribution in [-0.4, -0.2) is 36.9 Å². The zero-order chi connectivity index (χ0) is 17.5. The molecule has 7 nitrogen and oxygen atoms in total. The third-order valence-corrected chi connectivity index (χ3v) is 3.28. The Morgan fingerprint density at radius 2 is 1.79 bits per heavy atom. The van der Waals surface area contributed by atoms with Gasteiger partial charge in [0.05, 0.1) is 19.1 Å². The molecule has 0 saturated heterocycles. The fourth-order valence-corrected chi connectivity index (χ4v) is 1.94. The van der Waals surface area contributed by atoms with Crippen molar-refractivity contribution in [1.82, 2.24) is 10.3 Å². The van der Waals surface area contributed by atoms with Crippen LogP contribution in [0.5, 0.6) is 0 Å². The van der Waals surface area contributed by atoms with Crippen molar-refractivity contribution in [3.05, 3.63) is 59.4 Å². The van der Waals surface area contributed by atoms with E-state index in [1.807, 2.05) is 0 Å². The molecule has 1 aromatic heterocycles. The minimum Gasteiger partial charge on any atom is -0.464 e. The van der Waals surface area contributed by atoms with Gasteiger partial charge in [0.1, 0.15) is 5.69 Å². The van der Waals surface area contributed by atoms with Gasteiger partial charge in [-0.3, -0.25) is 9.59 Å². The van der Waals surface area contributed by atoms with E-state index in [1.54, 1.807) is 31.3 Å². The molecule has 0 aliphatic rings. The summed E-state index contributed by atoms with van der Waals surface area (Å²) in [7, 11) is 2.84. The number of likely N-dealkylation sites (N-methyl/N-ethyl adjacent to an activating group) is 1. The first-order valence-electron chi connectivity index (χ1n) is 7.18. The van der Waals surface area contributed by atoms with Crippen LogP contribution in [0.25, 0.3) is 0 Å². The molecule has 7 heteroatoms. The smallest absolute Gasteiger partial charge is 0.356 e. The van der Waals surface area contributed by atoms with Crippen molar-refractivity contribution >= 4 is 23.5 Å². The van der Waals surface area contributed by atoms with E-state index in [1.165, 1.54) is 25.4 Å². The summed E-state index contributed by atoms with van der Waals surface area (Å²) < 4.78 is 4.55. The third-order valence-electron chi connectivity index (χ3n) is 3.28. The number of aromatic nitrogens is 1. The predicted molar refractivity (Wildman–Crippen MR) is 87.7 cm³/mol. The van der Waals surface area contributed by atoms with E-state index in [0.29, 0.717) is 11.3 Å². The molecule has 124 valence electrons. The molecule has 0 unspecified atom stereocenters. The summed E-state index contributed by atoms with van der Waals surface area (Å²) in [4.78, 5) is 38.6. The Kier molecular flexibility index (Phi) is 5.62. The van der Waals surface area contributed by atoms with Gasteiger partial charge in [0.25, 0.3) is 5.91 Å². The quantitative estimate of drug-likeness (QED) is 0.809. The van der Waals surface area contributed by atoms with E-state index >= 15 is 0 Å². The number of nitrogens with zero attached hydrogens (tertiary/aromatic N) is 1. The lowest BCUT2D eigenvalue weighted by molar-refractivity contribution is -0.119. The molecular weight excluding hydrogens is 310 g/mol. The van der Waals surface area contributed by atoms with Crippen LogP contribution in [0.15, 0.2) is 42.6 Å². The highest BCUT2D eigenvalue weighted by Gasteiger charge is 2.10. The number of hydrogen-bond acceptors (Lipinski definition) is 5. The molecule has 0 radical (unpaired) electrons. The van der Waals surface area contributed by atoms with Crippen LogP contribution >= 0.6 is 0 Å². The third kappa shape index (κ3) is 4.39. The summed E-state index contributed by atoms with van der Waals surface area (Å²) in [5.74, 6) is -0.991. The summed E-state index contributed by atoms with van der Waals surface area (Å²) in [6, 6.07) is 9.88. The molecule has 1 heterocycles. The molecule has 2 rings (SSSR count). The summed E-state index contributed by atoms with van der Waals surface area (Å²) in [6.07, 6.45) is 1.59. The number of esters is 1. The van der Waals surface area contributed by atoms with Crippen molar-refractivity contribution < 1.29 is 19.1 Å². The zero-order valence-electron chi connectivity index (χ0n) is 13.3. The molecule has 1 aromatic carbocycles. The number of rotatable bonds is 5. The number of benzene rings is 1. The fourth-order valence-electron chi connectivity index (χ4n) is 1.94. The van der Waals surface area contributed by atoms with Gasteiger partial charge in [-0.15, -0.1) is 0 Å². The van der Waals surface area contributed by atoms with Gasteiger partial charge in [0, 0.05) is 18.9 Å². The van der Waals surface area contributed by atoms with Gasteiger partial charge < -0.3 is 15.4 Å².